The smallest absolute Gasteiger partial charge is 0.336 e. The lowest BCUT2D eigenvalue weighted by molar-refractivity contribution is 0.361. The summed E-state index contributed by atoms with van der Waals surface area (Å²) in [5.41, 5.74) is 1.47. The topological polar surface area (TPSA) is 68.9 Å². The molecule has 0 amide bonds. The van der Waals surface area contributed by atoms with Gasteiger partial charge in [0.1, 0.15) is 12.2 Å². The van der Waals surface area contributed by atoms with Gasteiger partial charge in [0, 0.05) is 17.0 Å². The highest BCUT2D eigenvalue weighted by Gasteiger charge is 2.16. The summed E-state index contributed by atoms with van der Waals surface area (Å²) < 4.78 is 10.6. The fourth-order valence-corrected chi connectivity index (χ4v) is 1.97. The van der Waals surface area contributed by atoms with Gasteiger partial charge in [-0.1, -0.05) is 12.7 Å². The van der Waals surface area contributed by atoms with Crippen LogP contribution in [0.1, 0.15) is 11.1 Å². The van der Waals surface area contributed by atoms with Crippen molar-refractivity contribution >= 4 is 16.7 Å². The molecule has 0 atom stereocenters. The molecule has 0 N–H and O–H groups in total. The Morgan fingerprint density at radius 2 is 2.16 bits per heavy atom. The zero-order valence-electron chi connectivity index (χ0n) is 10.7. The van der Waals surface area contributed by atoms with Crippen LogP contribution < -0.4 is 10.4 Å². The molecule has 0 radical (unpaired) electrons. The molecule has 0 fully saturated rings. The summed E-state index contributed by atoms with van der Waals surface area (Å²) in [6.45, 7) is 7.28. The fourth-order valence-electron chi connectivity index (χ4n) is 1.97. The molecule has 2 aromatic rings. The second-order valence-corrected chi connectivity index (χ2v) is 4.17. The van der Waals surface area contributed by atoms with E-state index in [1.165, 1.54) is 6.07 Å². The third-order valence-electron chi connectivity index (χ3n) is 2.85. The number of hydrogen-bond acceptors (Lipinski definition) is 5. The van der Waals surface area contributed by atoms with Crippen molar-refractivity contribution in [1.82, 2.24) is 0 Å². The third-order valence-corrected chi connectivity index (χ3v) is 2.85. The molecule has 0 saturated heterocycles. The van der Waals surface area contributed by atoms with Gasteiger partial charge >= 0.3 is 5.63 Å². The number of rotatable bonds is 4. The van der Waals surface area contributed by atoms with Crippen molar-refractivity contribution in [3.63, 3.8) is 0 Å². The maximum atomic E-state index is 11.4. The van der Waals surface area contributed by atoms with Gasteiger partial charge in [-0.2, -0.15) is 0 Å². The molecule has 2 rings (SSSR count). The second kappa shape index (κ2) is 5.06. The average molecular weight is 259 g/mol. The van der Waals surface area contributed by atoms with Crippen molar-refractivity contribution in [1.29, 1.82) is 0 Å². The number of nitroso groups, excluding NO2 is 1. The van der Waals surface area contributed by atoms with E-state index in [0.29, 0.717) is 22.3 Å². The van der Waals surface area contributed by atoms with Crippen LogP contribution in [0.5, 0.6) is 5.75 Å². The van der Waals surface area contributed by atoms with E-state index in [0.717, 1.165) is 5.56 Å². The molecule has 0 aliphatic rings. The lowest BCUT2D eigenvalue weighted by atomic mass is 10.1. The SMILES string of the molecule is C=CCOc1c(N=O)cc2c(C)cc(=O)oc2c1C. The summed E-state index contributed by atoms with van der Waals surface area (Å²) in [4.78, 5) is 22.3. The van der Waals surface area contributed by atoms with Gasteiger partial charge in [-0.15, -0.1) is 4.91 Å². The Bertz CT molecular complexity index is 715. The molecule has 0 aliphatic carbocycles. The van der Waals surface area contributed by atoms with Gasteiger partial charge in [-0.25, -0.2) is 4.79 Å². The highest BCUT2D eigenvalue weighted by molar-refractivity contribution is 5.89. The fraction of sp³-hybridized carbons (Fsp3) is 0.214. The van der Waals surface area contributed by atoms with E-state index in [4.69, 9.17) is 9.15 Å². The van der Waals surface area contributed by atoms with Crippen LogP contribution in [-0.2, 0) is 0 Å². The van der Waals surface area contributed by atoms with Crippen LogP contribution in [0.25, 0.3) is 11.0 Å². The van der Waals surface area contributed by atoms with Gasteiger partial charge in [0.2, 0.25) is 0 Å². The van der Waals surface area contributed by atoms with E-state index >= 15 is 0 Å². The van der Waals surface area contributed by atoms with Crippen LogP contribution in [0.3, 0.4) is 0 Å². The van der Waals surface area contributed by atoms with Gasteiger partial charge in [-0.05, 0) is 30.7 Å². The molecule has 0 unspecified atom stereocenters. The summed E-state index contributed by atoms with van der Waals surface area (Å²) in [5.74, 6) is 0.316. The van der Waals surface area contributed by atoms with Gasteiger partial charge in [-0.3, -0.25) is 0 Å². The highest BCUT2D eigenvalue weighted by atomic mass is 16.5. The molecular weight excluding hydrogens is 246 g/mol. The first-order valence-corrected chi connectivity index (χ1v) is 5.73. The monoisotopic (exact) mass is 259 g/mol. The van der Waals surface area contributed by atoms with Crippen LogP contribution in [-0.4, -0.2) is 6.61 Å². The predicted octanol–water partition coefficient (Wildman–Crippen LogP) is 3.37. The minimum atomic E-state index is -0.436. The first kappa shape index (κ1) is 13.0. The minimum absolute atomic E-state index is 0.184. The second-order valence-electron chi connectivity index (χ2n) is 4.17. The van der Waals surface area contributed by atoms with E-state index < -0.39 is 5.63 Å². The van der Waals surface area contributed by atoms with Crippen molar-refractivity contribution in [2.75, 3.05) is 6.61 Å². The third kappa shape index (κ3) is 2.27. The number of fused-ring (bicyclic) bond motifs is 1. The van der Waals surface area contributed by atoms with E-state index in [1.54, 1.807) is 26.0 Å². The van der Waals surface area contributed by atoms with Crippen LogP contribution in [0.4, 0.5) is 5.69 Å². The van der Waals surface area contributed by atoms with Gasteiger partial charge < -0.3 is 9.15 Å². The quantitative estimate of drug-likeness (QED) is 0.479. The van der Waals surface area contributed by atoms with Crippen molar-refractivity contribution < 1.29 is 9.15 Å². The van der Waals surface area contributed by atoms with Crippen molar-refractivity contribution in [2.45, 2.75) is 13.8 Å². The lowest BCUT2D eigenvalue weighted by Crippen LogP contribution is -2.01. The van der Waals surface area contributed by atoms with E-state index in [1.807, 2.05) is 0 Å². The molecule has 0 bridgehead atoms. The summed E-state index contributed by atoms with van der Waals surface area (Å²) >= 11 is 0. The number of ether oxygens (including phenoxy) is 1. The van der Waals surface area contributed by atoms with Gasteiger partial charge in [0.15, 0.2) is 11.4 Å². The average Bonchev–Trinajstić information content (AvgIpc) is 2.38. The molecule has 1 aromatic carbocycles. The van der Waals surface area contributed by atoms with Crippen LogP contribution >= 0.6 is 0 Å². The molecule has 5 heteroatoms. The Kier molecular flexibility index (Phi) is 3.46. The summed E-state index contributed by atoms with van der Waals surface area (Å²) in [6, 6.07) is 2.94. The largest absolute Gasteiger partial charge is 0.487 e. The van der Waals surface area contributed by atoms with Crippen molar-refractivity contribution in [3.05, 3.63) is 51.2 Å². The van der Waals surface area contributed by atoms with Gasteiger partial charge in [0.25, 0.3) is 0 Å². The standard InChI is InChI=1S/C14H13NO4/c1-4-5-18-14-9(3)13-10(7-11(14)15-17)8(2)6-12(16)19-13/h4,6-7H,1,5H2,2-3H3. The van der Waals surface area contributed by atoms with Crippen LogP contribution in [0, 0.1) is 18.8 Å². The number of benzene rings is 1. The Morgan fingerprint density at radius 3 is 2.79 bits per heavy atom. The first-order valence-electron chi connectivity index (χ1n) is 5.73. The van der Waals surface area contributed by atoms with Gasteiger partial charge in [0.05, 0.1) is 0 Å². The molecule has 19 heavy (non-hydrogen) atoms. The maximum Gasteiger partial charge on any atom is 0.336 e. The normalized spacial score (nSPS) is 10.4. The van der Waals surface area contributed by atoms with Crippen LogP contribution in [0.2, 0.25) is 0 Å². The minimum Gasteiger partial charge on any atom is -0.487 e. The maximum absolute atomic E-state index is 11.4. The molecule has 1 aromatic heterocycles. The summed E-state index contributed by atoms with van der Waals surface area (Å²) in [5, 5.41) is 3.65. The Morgan fingerprint density at radius 1 is 1.42 bits per heavy atom. The van der Waals surface area contributed by atoms with Crippen molar-refractivity contribution in [2.24, 2.45) is 5.18 Å². The Hall–Kier alpha value is -2.43. The van der Waals surface area contributed by atoms with E-state index in [9.17, 15) is 9.70 Å². The zero-order chi connectivity index (χ0) is 14.0. The van der Waals surface area contributed by atoms with Crippen molar-refractivity contribution in [3.8, 4) is 5.75 Å². The molecular formula is C14H13NO4. The van der Waals surface area contributed by atoms with Crippen LogP contribution in [0.15, 0.2) is 39.2 Å². The number of nitrogens with zero attached hydrogens (tertiary/aromatic N) is 1. The molecule has 0 aliphatic heterocycles. The Labute approximate surface area is 109 Å². The molecule has 5 nitrogen and oxygen atoms in total. The molecule has 1 heterocycles. The Balaban J connectivity index is 2.81. The molecule has 98 valence electrons. The van der Waals surface area contributed by atoms with E-state index in [2.05, 4.69) is 11.8 Å². The van der Waals surface area contributed by atoms with E-state index in [-0.39, 0.29) is 12.3 Å². The first-order chi connectivity index (χ1) is 9.08. The summed E-state index contributed by atoms with van der Waals surface area (Å²) in [6.07, 6.45) is 1.56. The summed E-state index contributed by atoms with van der Waals surface area (Å²) in [7, 11) is 0. The highest BCUT2D eigenvalue weighted by Crippen LogP contribution is 2.37. The molecule has 0 spiro atoms. The zero-order valence-corrected chi connectivity index (χ0v) is 10.7. The number of aryl methyl sites for hydroxylation is 2. The lowest BCUT2D eigenvalue weighted by Gasteiger charge is -2.11. The molecule has 0 saturated carbocycles. The predicted molar refractivity (Wildman–Crippen MR) is 73.1 cm³/mol. The number of hydrogen-bond donors (Lipinski definition) is 0.